The second kappa shape index (κ2) is 4.83. The fraction of sp³-hybridized carbons (Fsp3) is 0.273. The number of halogens is 2. The van der Waals surface area contributed by atoms with E-state index in [-0.39, 0.29) is 0 Å². The summed E-state index contributed by atoms with van der Waals surface area (Å²) < 4.78 is 0. The Balaban J connectivity index is 2.98. The third kappa shape index (κ3) is 3.17. The third-order valence-electron chi connectivity index (χ3n) is 1.82. The highest BCUT2D eigenvalue weighted by Crippen LogP contribution is 2.18. The van der Waals surface area contributed by atoms with Gasteiger partial charge in [-0.25, -0.2) is 0 Å². The molecule has 0 spiro atoms. The van der Waals surface area contributed by atoms with Crippen molar-refractivity contribution in [2.75, 3.05) is 5.33 Å². The van der Waals surface area contributed by atoms with Crippen molar-refractivity contribution >= 4 is 33.6 Å². The molecule has 0 aliphatic heterocycles. The van der Waals surface area contributed by atoms with Crippen molar-refractivity contribution in [2.24, 2.45) is 0 Å². The summed E-state index contributed by atoms with van der Waals surface area (Å²) in [4.78, 5) is 0. The van der Waals surface area contributed by atoms with Crippen molar-refractivity contribution < 1.29 is 0 Å². The van der Waals surface area contributed by atoms with Crippen LogP contribution in [0.15, 0.2) is 23.8 Å². The van der Waals surface area contributed by atoms with Crippen LogP contribution in [0.2, 0.25) is 5.02 Å². The molecule has 0 aromatic heterocycles. The molecule has 0 nitrogen and oxygen atoms in total. The summed E-state index contributed by atoms with van der Waals surface area (Å²) in [5.41, 5.74) is 3.57. The van der Waals surface area contributed by atoms with Crippen LogP contribution in [0.4, 0.5) is 0 Å². The van der Waals surface area contributed by atoms with Gasteiger partial charge in [0.25, 0.3) is 0 Å². The van der Waals surface area contributed by atoms with E-state index >= 15 is 0 Å². The summed E-state index contributed by atoms with van der Waals surface area (Å²) in [6, 6.07) is 6.10. The Bertz CT molecular complexity index is 329. The SMILES string of the molecule is C/C(=C/c1ccc(C)c(Cl)c1)CBr. The van der Waals surface area contributed by atoms with Gasteiger partial charge in [-0.2, -0.15) is 0 Å². The van der Waals surface area contributed by atoms with Crippen molar-refractivity contribution in [1.82, 2.24) is 0 Å². The van der Waals surface area contributed by atoms with Gasteiger partial charge in [0.2, 0.25) is 0 Å². The second-order valence-corrected chi connectivity index (χ2v) is 4.10. The van der Waals surface area contributed by atoms with Gasteiger partial charge < -0.3 is 0 Å². The highest BCUT2D eigenvalue weighted by molar-refractivity contribution is 9.09. The average Bonchev–Trinajstić information content (AvgIpc) is 2.11. The molecule has 0 bridgehead atoms. The highest BCUT2D eigenvalue weighted by atomic mass is 79.9. The first-order valence-corrected chi connectivity index (χ1v) is 5.62. The summed E-state index contributed by atoms with van der Waals surface area (Å²) in [6.45, 7) is 4.09. The minimum Gasteiger partial charge on any atom is -0.0880 e. The standard InChI is InChI=1S/C11H12BrCl/c1-8(7-12)5-10-4-3-9(2)11(13)6-10/h3-6H,7H2,1-2H3/b8-5-. The zero-order valence-electron chi connectivity index (χ0n) is 7.77. The van der Waals surface area contributed by atoms with Gasteiger partial charge >= 0.3 is 0 Å². The highest BCUT2D eigenvalue weighted by Gasteiger charge is 1.95. The van der Waals surface area contributed by atoms with Crippen LogP contribution in [-0.4, -0.2) is 5.33 Å². The molecule has 70 valence electrons. The monoisotopic (exact) mass is 258 g/mol. The van der Waals surface area contributed by atoms with E-state index in [1.54, 1.807) is 0 Å². The van der Waals surface area contributed by atoms with Crippen LogP contribution in [0.1, 0.15) is 18.1 Å². The van der Waals surface area contributed by atoms with Gasteiger partial charge in [0.1, 0.15) is 0 Å². The molecule has 0 heterocycles. The number of hydrogen-bond donors (Lipinski definition) is 0. The van der Waals surface area contributed by atoms with Gasteiger partial charge in [-0.05, 0) is 31.0 Å². The van der Waals surface area contributed by atoms with E-state index in [0.29, 0.717) is 0 Å². The Morgan fingerprint density at radius 1 is 1.54 bits per heavy atom. The molecule has 0 atom stereocenters. The topological polar surface area (TPSA) is 0 Å². The largest absolute Gasteiger partial charge is 0.0880 e. The first-order valence-electron chi connectivity index (χ1n) is 4.13. The van der Waals surface area contributed by atoms with Crippen LogP contribution in [0.25, 0.3) is 6.08 Å². The van der Waals surface area contributed by atoms with Crippen molar-refractivity contribution in [3.63, 3.8) is 0 Å². The fourth-order valence-electron chi connectivity index (χ4n) is 1.02. The number of hydrogen-bond acceptors (Lipinski definition) is 0. The van der Waals surface area contributed by atoms with Crippen molar-refractivity contribution in [2.45, 2.75) is 13.8 Å². The average molecular weight is 260 g/mol. The molecule has 0 fully saturated rings. The molecule has 0 aliphatic rings. The number of alkyl halides is 1. The van der Waals surface area contributed by atoms with E-state index in [2.05, 4.69) is 35.0 Å². The predicted octanol–water partition coefficient (Wildman–Crippen LogP) is 4.45. The molecule has 0 saturated heterocycles. The quantitative estimate of drug-likeness (QED) is 0.689. The molecule has 1 aromatic carbocycles. The van der Waals surface area contributed by atoms with Gasteiger partial charge in [0, 0.05) is 10.4 Å². The maximum Gasteiger partial charge on any atom is 0.0441 e. The Morgan fingerprint density at radius 2 is 2.23 bits per heavy atom. The number of benzene rings is 1. The maximum absolute atomic E-state index is 6.00. The first kappa shape index (κ1) is 10.8. The Labute approximate surface area is 92.7 Å². The van der Waals surface area contributed by atoms with Crippen molar-refractivity contribution in [3.05, 3.63) is 39.9 Å². The van der Waals surface area contributed by atoms with Gasteiger partial charge in [0.15, 0.2) is 0 Å². The number of rotatable bonds is 2. The third-order valence-corrected chi connectivity index (χ3v) is 3.11. The zero-order valence-corrected chi connectivity index (χ0v) is 10.1. The lowest BCUT2D eigenvalue weighted by Gasteiger charge is -2.00. The Hall–Kier alpha value is -0.270. The van der Waals surface area contributed by atoms with Gasteiger partial charge in [0.05, 0.1) is 0 Å². The molecule has 0 radical (unpaired) electrons. The van der Waals surface area contributed by atoms with E-state index < -0.39 is 0 Å². The lowest BCUT2D eigenvalue weighted by Crippen LogP contribution is -1.80. The summed E-state index contributed by atoms with van der Waals surface area (Å²) in [5, 5.41) is 1.73. The molecule has 0 aliphatic carbocycles. The van der Waals surface area contributed by atoms with Crippen molar-refractivity contribution in [3.8, 4) is 0 Å². The smallest absolute Gasteiger partial charge is 0.0441 e. The maximum atomic E-state index is 6.00. The Morgan fingerprint density at radius 3 is 2.77 bits per heavy atom. The molecular formula is C11H12BrCl. The Kier molecular flexibility index (Phi) is 4.01. The van der Waals surface area contributed by atoms with E-state index in [1.165, 1.54) is 5.57 Å². The van der Waals surface area contributed by atoms with Gasteiger partial charge in [-0.1, -0.05) is 51.3 Å². The molecule has 1 rings (SSSR count). The van der Waals surface area contributed by atoms with Crippen LogP contribution in [0, 0.1) is 6.92 Å². The van der Waals surface area contributed by atoms with Crippen LogP contribution < -0.4 is 0 Å². The van der Waals surface area contributed by atoms with E-state index in [9.17, 15) is 0 Å². The molecular weight excluding hydrogens is 247 g/mol. The minimum atomic E-state index is 0.830. The predicted molar refractivity (Wildman–Crippen MR) is 63.6 cm³/mol. The molecule has 0 saturated carbocycles. The molecule has 0 unspecified atom stereocenters. The van der Waals surface area contributed by atoms with Crippen molar-refractivity contribution in [1.29, 1.82) is 0 Å². The first-order chi connectivity index (χ1) is 6.13. The minimum absolute atomic E-state index is 0.830. The lowest BCUT2D eigenvalue weighted by atomic mass is 10.1. The van der Waals surface area contributed by atoms with Gasteiger partial charge in [-0.15, -0.1) is 0 Å². The number of allylic oxidation sites excluding steroid dienone is 1. The van der Waals surface area contributed by atoms with Crippen LogP contribution in [-0.2, 0) is 0 Å². The molecule has 2 heteroatoms. The second-order valence-electron chi connectivity index (χ2n) is 3.13. The normalized spacial score (nSPS) is 11.8. The number of aryl methyl sites for hydroxylation is 1. The zero-order chi connectivity index (χ0) is 9.84. The summed E-state index contributed by atoms with van der Waals surface area (Å²) in [5.74, 6) is 0. The van der Waals surface area contributed by atoms with Crippen LogP contribution in [0.3, 0.4) is 0 Å². The molecule has 0 amide bonds. The van der Waals surface area contributed by atoms with Gasteiger partial charge in [-0.3, -0.25) is 0 Å². The molecule has 13 heavy (non-hydrogen) atoms. The lowest BCUT2D eigenvalue weighted by molar-refractivity contribution is 1.43. The fourth-order valence-corrected chi connectivity index (χ4v) is 1.37. The van der Waals surface area contributed by atoms with Crippen LogP contribution in [0.5, 0.6) is 0 Å². The molecule has 0 N–H and O–H groups in total. The molecule has 1 aromatic rings. The summed E-state index contributed by atoms with van der Waals surface area (Å²) >= 11 is 9.40. The van der Waals surface area contributed by atoms with E-state index in [0.717, 1.165) is 21.5 Å². The summed E-state index contributed by atoms with van der Waals surface area (Å²) in [6.07, 6.45) is 2.13. The summed E-state index contributed by atoms with van der Waals surface area (Å²) in [7, 11) is 0. The van der Waals surface area contributed by atoms with E-state index in [1.807, 2.05) is 19.1 Å². The van der Waals surface area contributed by atoms with E-state index in [4.69, 9.17) is 11.6 Å². The van der Waals surface area contributed by atoms with Crippen LogP contribution >= 0.6 is 27.5 Å².